The average molecular weight is 295 g/mol. The number of aliphatic hydroxyl groups excluding tert-OH is 1. The standard InChI is InChI=1S/C16H25NO4/c1-3-4-10-20-13-14(18)12-17-9-11-21-16-8-6-5-7-15(16)19-2/h3,5-8,14,17-18H,1,4,9-13H2,2H3/t14-/m1/s1. The number of para-hydroxylation sites is 2. The SMILES string of the molecule is C=CCCOC[C@H](O)CNCCOc1ccccc1OC. The first-order valence-corrected chi connectivity index (χ1v) is 7.11. The lowest BCUT2D eigenvalue weighted by atomic mass is 10.3. The molecule has 5 heteroatoms. The lowest BCUT2D eigenvalue weighted by Crippen LogP contribution is -2.33. The second-order valence-electron chi connectivity index (χ2n) is 4.51. The Hall–Kier alpha value is -1.56. The normalized spacial score (nSPS) is 11.9. The fourth-order valence-electron chi connectivity index (χ4n) is 1.68. The minimum Gasteiger partial charge on any atom is -0.493 e. The second kappa shape index (κ2) is 11.1. The Bertz CT molecular complexity index is 398. The maximum atomic E-state index is 9.67. The predicted octanol–water partition coefficient (Wildman–Crippen LogP) is 1.62. The van der Waals surface area contributed by atoms with Crippen LogP contribution in [0.3, 0.4) is 0 Å². The Labute approximate surface area is 126 Å². The predicted molar refractivity (Wildman–Crippen MR) is 83.0 cm³/mol. The highest BCUT2D eigenvalue weighted by atomic mass is 16.5. The van der Waals surface area contributed by atoms with E-state index in [1.165, 1.54) is 0 Å². The molecule has 5 nitrogen and oxygen atoms in total. The molecule has 0 aliphatic heterocycles. The zero-order valence-electron chi connectivity index (χ0n) is 12.6. The number of nitrogens with one attached hydrogen (secondary N) is 1. The Morgan fingerprint density at radius 3 is 2.76 bits per heavy atom. The van der Waals surface area contributed by atoms with Crippen LogP contribution in [0.2, 0.25) is 0 Å². The first-order chi connectivity index (χ1) is 10.3. The summed E-state index contributed by atoms with van der Waals surface area (Å²) >= 11 is 0. The highest BCUT2D eigenvalue weighted by Gasteiger charge is 2.04. The molecule has 0 unspecified atom stereocenters. The quantitative estimate of drug-likeness (QED) is 0.453. The van der Waals surface area contributed by atoms with E-state index < -0.39 is 6.10 Å². The third-order valence-electron chi connectivity index (χ3n) is 2.76. The van der Waals surface area contributed by atoms with Gasteiger partial charge in [-0.2, -0.15) is 0 Å². The summed E-state index contributed by atoms with van der Waals surface area (Å²) in [5.41, 5.74) is 0. The van der Waals surface area contributed by atoms with E-state index >= 15 is 0 Å². The highest BCUT2D eigenvalue weighted by molar-refractivity contribution is 5.39. The number of hydrogen-bond donors (Lipinski definition) is 2. The van der Waals surface area contributed by atoms with Crippen molar-refractivity contribution >= 4 is 0 Å². The topological polar surface area (TPSA) is 60.0 Å². The molecular formula is C16H25NO4. The van der Waals surface area contributed by atoms with Crippen LogP contribution in [0.4, 0.5) is 0 Å². The number of methoxy groups -OCH3 is 1. The molecule has 0 bridgehead atoms. The van der Waals surface area contributed by atoms with Crippen LogP contribution in [0.15, 0.2) is 36.9 Å². The maximum absolute atomic E-state index is 9.67. The molecule has 1 rings (SSSR count). The van der Waals surface area contributed by atoms with Crippen molar-refractivity contribution in [2.45, 2.75) is 12.5 Å². The molecule has 0 aliphatic rings. The Balaban J connectivity index is 2.07. The molecule has 0 radical (unpaired) electrons. The van der Waals surface area contributed by atoms with Crippen molar-refractivity contribution < 1.29 is 19.3 Å². The van der Waals surface area contributed by atoms with Crippen molar-refractivity contribution in [1.29, 1.82) is 0 Å². The summed E-state index contributed by atoms with van der Waals surface area (Å²) in [5.74, 6) is 1.43. The number of aliphatic hydroxyl groups is 1. The van der Waals surface area contributed by atoms with Crippen LogP contribution in [-0.2, 0) is 4.74 Å². The third kappa shape index (κ3) is 7.70. The van der Waals surface area contributed by atoms with Crippen molar-refractivity contribution in [2.75, 3.05) is 40.0 Å². The van der Waals surface area contributed by atoms with Crippen molar-refractivity contribution in [3.63, 3.8) is 0 Å². The lowest BCUT2D eigenvalue weighted by Gasteiger charge is -2.13. The molecular weight excluding hydrogens is 270 g/mol. The average Bonchev–Trinajstić information content (AvgIpc) is 2.51. The number of ether oxygens (including phenoxy) is 3. The van der Waals surface area contributed by atoms with Crippen LogP contribution >= 0.6 is 0 Å². The van der Waals surface area contributed by atoms with Crippen LogP contribution in [0.5, 0.6) is 11.5 Å². The molecule has 0 saturated heterocycles. The van der Waals surface area contributed by atoms with E-state index in [0.29, 0.717) is 38.7 Å². The van der Waals surface area contributed by atoms with Crippen LogP contribution < -0.4 is 14.8 Å². The van der Waals surface area contributed by atoms with Crippen LogP contribution in [0.1, 0.15) is 6.42 Å². The van der Waals surface area contributed by atoms with Gasteiger partial charge >= 0.3 is 0 Å². The van der Waals surface area contributed by atoms with Gasteiger partial charge in [-0.25, -0.2) is 0 Å². The van der Waals surface area contributed by atoms with Crippen molar-refractivity contribution in [1.82, 2.24) is 5.32 Å². The fourth-order valence-corrected chi connectivity index (χ4v) is 1.68. The summed E-state index contributed by atoms with van der Waals surface area (Å²) < 4.78 is 16.1. The smallest absolute Gasteiger partial charge is 0.161 e. The largest absolute Gasteiger partial charge is 0.493 e. The first-order valence-electron chi connectivity index (χ1n) is 7.11. The Kier molecular flexibility index (Phi) is 9.28. The van der Waals surface area contributed by atoms with Gasteiger partial charge in [-0.15, -0.1) is 6.58 Å². The summed E-state index contributed by atoms with van der Waals surface area (Å²) in [6.07, 6.45) is 2.08. The first kappa shape index (κ1) is 17.5. The van der Waals surface area contributed by atoms with Crippen molar-refractivity contribution in [3.05, 3.63) is 36.9 Å². The van der Waals surface area contributed by atoms with Crippen LogP contribution in [0.25, 0.3) is 0 Å². The summed E-state index contributed by atoms with van der Waals surface area (Å²) in [6.45, 7) is 6.15. The molecule has 0 aliphatic carbocycles. The van der Waals surface area contributed by atoms with E-state index in [1.54, 1.807) is 13.2 Å². The molecule has 1 aromatic carbocycles. The fraction of sp³-hybridized carbons (Fsp3) is 0.500. The van der Waals surface area contributed by atoms with Gasteiger partial charge in [0.25, 0.3) is 0 Å². The van der Waals surface area contributed by atoms with Crippen LogP contribution in [-0.4, -0.2) is 51.2 Å². The lowest BCUT2D eigenvalue weighted by molar-refractivity contribution is 0.0387. The van der Waals surface area contributed by atoms with Gasteiger partial charge in [-0.1, -0.05) is 18.2 Å². The number of hydrogen-bond acceptors (Lipinski definition) is 5. The van der Waals surface area contributed by atoms with Crippen molar-refractivity contribution in [2.24, 2.45) is 0 Å². The summed E-state index contributed by atoms with van der Waals surface area (Å²) in [5, 5.41) is 12.8. The van der Waals surface area contributed by atoms with E-state index in [2.05, 4.69) is 11.9 Å². The van der Waals surface area contributed by atoms with E-state index in [1.807, 2.05) is 24.3 Å². The van der Waals surface area contributed by atoms with Gasteiger partial charge in [-0.05, 0) is 18.6 Å². The van der Waals surface area contributed by atoms with E-state index in [-0.39, 0.29) is 0 Å². The molecule has 21 heavy (non-hydrogen) atoms. The van der Waals surface area contributed by atoms with Gasteiger partial charge in [0.1, 0.15) is 6.61 Å². The molecule has 0 spiro atoms. The highest BCUT2D eigenvalue weighted by Crippen LogP contribution is 2.25. The maximum Gasteiger partial charge on any atom is 0.161 e. The molecule has 1 atom stereocenters. The molecule has 118 valence electrons. The third-order valence-corrected chi connectivity index (χ3v) is 2.76. The van der Waals surface area contributed by atoms with Gasteiger partial charge in [0.2, 0.25) is 0 Å². The molecule has 1 aromatic rings. The second-order valence-corrected chi connectivity index (χ2v) is 4.51. The number of rotatable bonds is 12. The Morgan fingerprint density at radius 1 is 1.29 bits per heavy atom. The van der Waals surface area contributed by atoms with Gasteiger partial charge in [0.05, 0.1) is 26.4 Å². The van der Waals surface area contributed by atoms with Gasteiger partial charge in [0, 0.05) is 13.1 Å². The van der Waals surface area contributed by atoms with E-state index in [0.717, 1.165) is 12.2 Å². The summed E-state index contributed by atoms with van der Waals surface area (Å²) in [7, 11) is 1.61. The summed E-state index contributed by atoms with van der Waals surface area (Å²) in [4.78, 5) is 0. The summed E-state index contributed by atoms with van der Waals surface area (Å²) in [6, 6.07) is 7.51. The minimum atomic E-state index is -0.513. The van der Waals surface area contributed by atoms with Gasteiger partial charge < -0.3 is 24.6 Å². The molecule has 0 fully saturated rings. The zero-order chi connectivity index (χ0) is 15.3. The monoisotopic (exact) mass is 295 g/mol. The molecule has 2 N–H and O–H groups in total. The number of benzene rings is 1. The van der Waals surface area contributed by atoms with E-state index in [4.69, 9.17) is 14.2 Å². The zero-order valence-corrected chi connectivity index (χ0v) is 12.6. The van der Waals surface area contributed by atoms with Gasteiger partial charge in [-0.3, -0.25) is 0 Å². The van der Waals surface area contributed by atoms with E-state index in [9.17, 15) is 5.11 Å². The Morgan fingerprint density at radius 2 is 2.05 bits per heavy atom. The van der Waals surface area contributed by atoms with Crippen LogP contribution in [0, 0.1) is 0 Å². The molecule has 0 heterocycles. The van der Waals surface area contributed by atoms with Crippen molar-refractivity contribution in [3.8, 4) is 11.5 Å². The molecule has 0 saturated carbocycles. The molecule has 0 amide bonds. The van der Waals surface area contributed by atoms with Gasteiger partial charge in [0.15, 0.2) is 11.5 Å². The molecule has 0 aromatic heterocycles. The minimum absolute atomic E-state index is 0.328.